The molecule has 0 bridgehead atoms. The predicted molar refractivity (Wildman–Crippen MR) is 92.2 cm³/mol. The zero-order chi connectivity index (χ0) is 15.8. The molecule has 1 saturated carbocycles. The van der Waals surface area contributed by atoms with E-state index in [1.807, 2.05) is 11.0 Å². The molecule has 1 unspecified atom stereocenters. The number of likely N-dealkylation sites (tertiary alicyclic amines) is 1. The number of hydrogen-bond donors (Lipinski definition) is 1. The van der Waals surface area contributed by atoms with Gasteiger partial charge in [-0.15, -0.1) is 12.4 Å². The third-order valence-electron chi connectivity index (χ3n) is 5.59. The molecule has 0 radical (unpaired) electrons. The summed E-state index contributed by atoms with van der Waals surface area (Å²) < 4.78 is 14.4. The number of amides is 1. The van der Waals surface area contributed by atoms with Gasteiger partial charge in [-0.3, -0.25) is 4.79 Å². The van der Waals surface area contributed by atoms with E-state index in [0.717, 1.165) is 38.6 Å². The number of carbonyl (C=O) groups excluding carboxylic acids is 1. The molecule has 1 heterocycles. The SMILES string of the molecule is CC1(CN)CCN(C(=O)C2(c3ccccc3F)CCCC2)C1.Cl. The summed E-state index contributed by atoms with van der Waals surface area (Å²) in [7, 11) is 0. The molecular weight excluding hydrogens is 315 g/mol. The van der Waals surface area contributed by atoms with Crippen molar-refractivity contribution < 1.29 is 9.18 Å². The van der Waals surface area contributed by atoms with Crippen LogP contribution in [0.15, 0.2) is 24.3 Å². The smallest absolute Gasteiger partial charge is 0.233 e. The fourth-order valence-corrected chi connectivity index (χ4v) is 4.09. The van der Waals surface area contributed by atoms with Gasteiger partial charge >= 0.3 is 0 Å². The second-order valence-corrected chi connectivity index (χ2v) is 7.26. The molecule has 3 rings (SSSR count). The Bertz CT molecular complexity index is 574. The Morgan fingerprint density at radius 1 is 1.26 bits per heavy atom. The van der Waals surface area contributed by atoms with Crippen LogP contribution in [-0.2, 0) is 10.2 Å². The van der Waals surface area contributed by atoms with Crippen LogP contribution in [0.25, 0.3) is 0 Å². The third-order valence-corrected chi connectivity index (χ3v) is 5.59. The molecule has 1 aromatic carbocycles. The molecule has 3 nitrogen and oxygen atoms in total. The van der Waals surface area contributed by atoms with Crippen molar-refractivity contribution in [3.63, 3.8) is 0 Å². The molecule has 0 spiro atoms. The Morgan fingerprint density at radius 3 is 2.48 bits per heavy atom. The minimum absolute atomic E-state index is 0. The third kappa shape index (κ3) is 3.11. The van der Waals surface area contributed by atoms with Crippen LogP contribution in [0.4, 0.5) is 4.39 Å². The maximum atomic E-state index is 14.4. The number of hydrogen-bond acceptors (Lipinski definition) is 2. The van der Waals surface area contributed by atoms with Crippen molar-refractivity contribution >= 4 is 18.3 Å². The summed E-state index contributed by atoms with van der Waals surface area (Å²) in [5.41, 5.74) is 5.78. The molecule has 1 saturated heterocycles. The van der Waals surface area contributed by atoms with E-state index >= 15 is 0 Å². The molecule has 1 aromatic rings. The summed E-state index contributed by atoms with van der Waals surface area (Å²) in [6, 6.07) is 6.78. The van der Waals surface area contributed by atoms with Crippen LogP contribution in [0, 0.1) is 11.2 Å². The molecular formula is C18H26ClFN2O. The van der Waals surface area contributed by atoms with Crippen LogP contribution in [0.1, 0.15) is 44.6 Å². The van der Waals surface area contributed by atoms with Gasteiger partial charge in [0.2, 0.25) is 5.91 Å². The van der Waals surface area contributed by atoms with Gasteiger partial charge in [0.25, 0.3) is 0 Å². The monoisotopic (exact) mass is 340 g/mol. The maximum Gasteiger partial charge on any atom is 0.233 e. The quantitative estimate of drug-likeness (QED) is 0.918. The highest BCUT2D eigenvalue weighted by atomic mass is 35.5. The lowest BCUT2D eigenvalue weighted by molar-refractivity contribution is -0.136. The van der Waals surface area contributed by atoms with Crippen LogP contribution in [-0.4, -0.2) is 30.4 Å². The van der Waals surface area contributed by atoms with Crippen molar-refractivity contribution in [2.24, 2.45) is 11.1 Å². The standard InChI is InChI=1S/C18H25FN2O.ClH/c1-17(12-20)10-11-21(13-17)16(22)18(8-4-5-9-18)14-6-2-3-7-15(14)19;/h2-3,6-7H,4-5,8-13,20H2,1H3;1H. The molecule has 1 amide bonds. The average Bonchev–Trinajstić information content (AvgIpc) is 3.15. The van der Waals surface area contributed by atoms with Gasteiger partial charge in [0.15, 0.2) is 0 Å². The molecule has 2 fully saturated rings. The fraction of sp³-hybridized carbons (Fsp3) is 0.611. The first-order valence-electron chi connectivity index (χ1n) is 8.25. The number of benzene rings is 1. The van der Waals surface area contributed by atoms with Crippen LogP contribution >= 0.6 is 12.4 Å². The zero-order valence-electron chi connectivity index (χ0n) is 13.7. The summed E-state index contributed by atoms with van der Waals surface area (Å²) in [5, 5.41) is 0. The molecule has 2 aliphatic rings. The van der Waals surface area contributed by atoms with Crippen molar-refractivity contribution in [3.05, 3.63) is 35.6 Å². The Balaban J connectivity index is 0.00000192. The van der Waals surface area contributed by atoms with E-state index in [1.54, 1.807) is 12.1 Å². The van der Waals surface area contributed by atoms with E-state index in [4.69, 9.17) is 5.73 Å². The number of carbonyl (C=O) groups is 1. The number of rotatable bonds is 3. The van der Waals surface area contributed by atoms with E-state index < -0.39 is 5.41 Å². The van der Waals surface area contributed by atoms with Crippen molar-refractivity contribution in [2.45, 2.75) is 44.4 Å². The van der Waals surface area contributed by atoms with Gasteiger partial charge in [-0.05, 0) is 37.3 Å². The maximum absolute atomic E-state index is 14.4. The van der Waals surface area contributed by atoms with Gasteiger partial charge in [0, 0.05) is 18.7 Å². The summed E-state index contributed by atoms with van der Waals surface area (Å²) >= 11 is 0. The molecule has 128 valence electrons. The zero-order valence-corrected chi connectivity index (χ0v) is 14.5. The van der Waals surface area contributed by atoms with Crippen molar-refractivity contribution in [2.75, 3.05) is 19.6 Å². The van der Waals surface area contributed by atoms with E-state index in [2.05, 4.69) is 6.92 Å². The van der Waals surface area contributed by atoms with Gasteiger partial charge in [-0.25, -0.2) is 4.39 Å². The van der Waals surface area contributed by atoms with E-state index in [9.17, 15) is 9.18 Å². The van der Waals surface area contributed by atoms with E-state index in [-0.39, 0.29) is 29.5 Å². The molecule has 1 aliphatic heterocycles. The second kappa shape index (κ2) is 6.78. The molecule has 0 aromatic heterocycles. The molecule has 1 aliphatic carbocycles. The number of halogens is 2. The van der Waals surface area contributed by atoms with Crippen molar-refractivity contribution in [1.82, 2.24) is 4.90 Å². The lowest BCUT2D eigenvalue weighted by atomic mass is 9.77. The van der Waals surface area contributed by atoms with Crippen LogP contribution in [0.2, 0.25) is 0 Å². The first-order valence-corrected chi connectivity index (χ1v) is 8.25. The number of nitrogens with two attached hydrogens (primary N) is 1. The van der Waals surface area contributed by atoms with E-state index in [0.29, 0.717) is 18.7 Å². The summed E-state index contributed by atoms with van der Waals surface area (Å²) in [6.45, 7) is 4.15. The Morgan fingerprint density at radius 2 is 1.91 bits per heavy atom. The number of nitrogens with zero attached hydrogens (tertiary/aromatic N) is 1. The lowest BCUT2D eigenvalue weighted by Crippen LogP contribution is -2.46. The highest BCUT2D eigenvalue weighted by molar-refractivity contribution is 5.89. The Labute approximate surface area is 143 Å². The molecule has 2 N–H and O–H groups in total. The van der Waals surface area contributed by atoms with Gasteiger partial charge in [0.05, 0.1) is 5.41 Å². The van der Waals surface area contributed by atoms with Crippen LogP contribution in [0.5, 0.6) is 0 Å². The lowest BCUT2D eigenvalue weighted by Gasteiger charge is -2.34. The molecule has 1 atom stereocenters. The van der Waals surface area contributed by atoms with Gasteiger partial charge in [0.1, 0.15) is 5.82 Å². The van der Waals surface area contributed by atoms with Gasteiger partial charge in [-0.1, -0.05) is 38.0 Å². The Kier molecular flexibility index (Phi) is 5.37. The first kappa shape index (κ1) is 18.2. The van der Waals surface area contributed by atoms with Crippen LogP contribution in [0.3, 0.4) is 0 Å². The largest absolute Gasteiger partial charge is 0.341 e. The minimum atomic E-state index is -0.662. The predicted octanol–water partition coefficient (Wildman–Crippen LogP) is 3.26. The highest BCUT2D eigenvalue weighted by Gasteiger charge is 2.48. The minimum Gasteiger partial charge on any atom is -0.341 e. The normalized spacial score (nSPS) is 26.1. The average molecular weight is 341 g/mol. The van der Waals surface area contributed by atoms with Gasteiger partial charge < -0.3 is 10.6 Å². The van der Waals surface area contributed by atoms with Gasteiger partial charge in [-0.2, -0.15) is 0 Å². The highest BCUT2D eigenvalue weighted by Crippen LogP contribution is 2.45. The first-order chi connectivity index (χ1) is 10.5. The molecule has 23 heavy (non-hydrogen) atoms. The fourth-order valence-electron chi connectivity index (χ4n) is 4.09. The second-order valence-electron chi connectivity index (χ2n) is 7.26. The van der Waals surface area contributed by atoms with E-state index in [1.165, 1.54) is 6.07 Å². The Hall–Kier alpha value is -1.13. The van der Waals surface area contributed by atoms with Crippen LogP contribution < -0.4 is 5.73 Å². The summed E-state index contributed by atoms with van der Waals surface area (Å²) in [6.07, 6.45) is 4.41. The summed E-state index contributed by atoms with van der Waals surface area (Å²) in [5.74, 6) is -0.147. The summed E-state index contributed by atoms with van der Waals surface area (Å²) in [4.78, 5) is 15.2. The van der Waals surface area contributed by atoms with Crippen molar-refractivity contribution in [1.29, 1.82) is 0 Å². The molecule has 5 heteroatoms. The van der Waals surface area contributed by atoms with Crippen molar-refractivity contribution in [3.8, 4) is 0 Å². The topological polar surface area (TPSA) is 46.3 Å².